The van der Waals surface area contributed by atoms with E-state index in [4.69, 9.17) is 0 Å². The first-order valence-corrected chi connectivity index (χ1v) is 4.09. The molecule has 0 fully saturated rings. The quantitative estimate of drug-likeness (QED) is 0.705. The van der Waals surface area contributed by atoms with E-state index in [9.17, 15) is 9.90 Å². The summed E-state index contributed by atoms with van der Waals surface area (Å²) >= 11 is 0. The fourth-order valence-corrected chi connectivity index (χ4v) is 1.11. The number of aryl methyl sites for hydroxylation is 1. The Morgan fingerprint density at radius 3 is 2.77 bits per heavy atom. The summed E-state index contributed by atoms with van der Waals surface area (Å²) in [6, 6.07) is 4.69. The van der Waals surface area contributed by atoms with Crippen molar-refractivity contribution in [2.75, 3.05) is 7.11 Å². The lowest BCUT2D eigenvalue weighted by Gasteiger charge is -2.03. The third-order valence-corrected chi connectivity index (χ3v) is 1.88. The third kappa shape index (κ3) is 1.99. The summed E-state index contributed by atoms with van der Waals surface area (Å²) in [5.41, 5.74) is 1.22. The molecular formula is C10H12O3. The molecule has 0 saturated carbocycles. The minimum absolute atomic E-state index is 0.218. The van der Waals surface area contributed by atoms with E-state index >= 15 is 0 Å². The van der Waals surface area contributed by atoms with Crippen molar-refractivity contribution >= 4 is 5.97 Å². The van der Waals surface area contributed by atoms with Gasteiger partial charge < -0.3 is 9.84 Å². The van der Waals surface area contributed by atoms with Crippen molar-refractivity contribution < 1.29 is 14.6 Å². The molecule has 0 aliphatic rings. The van der Waals surface area contributed by atoms with Crippen LogP contribution in [0.1, 0.15) is 22.8 Å². The molecule has 0 unspecified atom stereocenters. The molecule has 0 atom stereocenters. The van der Waals surface area contributed by atoms with E-state index in [0.29, 0.717) is 12.0 Å². The van der Waals surface area contributed by atoms with Crippen LogP contribution in [0.25, 0.3) is 0 Å². The number of phenolic OH excluding ortho intramolecular Hbond substituents is 1. The first kappa shape index (κ1) is 9.58. The number of esters is 1. The number of phenols is 1. The lowest BCUT2D eigenvalue weighted by molar-refractivity contribution is 0.0600. The molecule has 3 heteroatoms. The van der Waals surface area contributed by atoms with Crippen LogP contribution >= 0.6 is 0 Å². The van der Waals surface area contributed by atoms with Crippen LogP contribution in [0, 0.1) is 0 Å². The van der Waals surface area contributed by atoms with Gasteiger partial charge in [0, 0.05) is 0 Å². The van der Waals surface area contributed by atoms with E-state index in [2.05, 4.69) is 4.74 Å². The fourth-order valence-electron chi connectivity index (χ4n) is 1.11. The topological polar surface area (TPSA) is 46.5 Å². The molecule has 0 radical (unpaired) electrons. The minimum atomic E-state index is -0.380. The number of benzene rings is 1. The molecule has 0 bridgehead atoms. The van der Waals surface area contributed by atoms with Gasteiger partial charge in [0.05, 0.1) is 12.7 Å². The van der Waals surface area contributed by atoms with Gasteiger partial charge in [-0.3, -0.25) is 0 Å². The van der Waals surface area contributed by atoms with Crippen LogP contribution in [0.5, 0.6) is 5.75 Å². The maximum Gasteiger partial charge on any atom is 0.337 e. The van der Waals surface area contributed by atoms with Gasteiger partial charge in [-0.1, -0.05) is 6.92 Å². The largest absolute Gasteiger partial charge is 0.508 e. The summed E-state index contributed by atoms with van der Waals surface area (Å²) in [4.78, 5) is 11.1. The number of ether oxygens (including phenoxy) is 1. The molecule has 0 aliphatic heterocycles. The molecule has 1 aromatic carbocycles. The Balaban J connectivity index is 3.06. The number of hydrogen-bond acceptors (Lipinski definition) is 3. The van der Waals surface area contributed by atoms with Gasteiger partial charge in [-0.2, -0.15) is 0 Å². The SMILES string of the molecule is CCc1cc(C(=O)OC)ccc1O. The fraction of sp³-hybridized carbons (Fsp3) is 0.300. The van der Waals surface area contributed by atoms with Crippen molar-refractivity contribution in [3.05, 3.63) is 29.3 Å². The molecule has 1 N–H and O–H groups in total. The van der Waals surface area contributed by atoms with Crippen molar-refractivity contribution in [3.63, 3.8) is 0 Å². The zero-order valence-electron chi connectivity index (χ0n) is 7.70. The average molecular weight is 180 g/mol. The van der Waals surface area contributed by atoms with Gasteiger partial charge in [-0.25, -0.2) is 4.79 Å². The number of hydrogen-bond donors (Lipinski definition) is 1. The zero-order chi connectivity index (χ0) is 9.84. The standard InChI is InChI=1S/C10H12O3/c1-3-7-6-8(10(12)13-2)4-5-9(7)11/h4-6,11H,3H2,1-2H3. The number of carbonyl (C=O) groups excluding carboxylic acids is 1. The van der Waals surface area contributed by atoms with E-state index in [0.717, 1.165) is 5.56 Å². The summed E-state index contributed by atoms with van der Waals surface area (Å²) < 4.78 is 4.56. The summed E-state index contributed by atoms with van der Waals surface area (Å²) in [7, 11) is 1.33. The highest BCUT2D eigenvalue weighted by molar-refractivity contribution is 5.89. The van der Waals surface area contributed by atoms with Crippen molar-refractivity contribution in [2.45, 2.75) is 13.3 Å². The Morgan fingerprint density at radius 2 is 2.23 bits per heavy atom. The number of aromatic hydroxyl groups is 1. The van der Waals surface area contributed by atoms with Gasteiger partial charge in [0.2, 0.25) is 0 Å². The number of rotatable bonds is 2. The van der Waals surface area contributed by atoms with Gasteiger partial charge in [-0.15, -0.1) is 0 Å². The van der Waals surface area contributed by atoms with Crippen molar-refractivity contribution in [1.82, 2.24) is 0 Å². The highest BCUT2D eigenvalue weighted by atomic mass is 16.5. The third-order valence-electron chi connectivity index (χ3n) is 1.88. The Labute approximate surface area is 77.0 Å². The molecule has 0 aromatic heterocycles. The Bertz CT molecular complexity index is 318. The van der Waals surface area contributed by atoms with Crippen LogP contribution in [0.2, 0.25) is 0 Å². The second-order valence-corrected chi connectivity index (χ2v) is 2.69. The van der Waals surface area contributed by atoms with Crippen LogP contribution in [0.3, 0.4) is 0 Å². The summed E-state index contributed by atoms with van der Waals surface area (Å²) in [5, 5.41) is 9.34. The van der Waals surface area contributed by atoms with Crippen LogP contribution in [0.15, 0.2) is 18.2 Å². The van der Waals surface area contributed by atoms with Crippen molar-refractivity contribution in [3.8, 4) is 5.75 Å². The lowest BCUT2D eigenvalue weighted by Crippen LogP contribution is -2.01. The molecule has 0 aliphatic carbocycles. The maximum absolute atomic E-state index is 11.1. The number of carbonyl (C=O) groups is 1. The monoisotopic (exact) mass is 180 g/mol. The predicted molar refractivity (Wildman–Crippen MR) is 48.8 cm³/mol. The van der Waals surface area contributed by atoms with Gasteiger partial charge in [0.25, 0.3) is 0 Å². The second kappa shape index (κ2) is 3.94. The zero-order valence-corrected chi connectivity index (χ0v) is 7.70. The summed E-state index contributed by atoms with van der Waals surface area (Å²) in [6.45, 7) is 1.91. The molecule has 0 amide bonds. The van der Waals surface area contributed by atoms with Crippen LogP contribution in [-0.4, -0.2) is 18.2 Å². The highest BCUT2D eigenvalue weighted by Gasteiger charge is 2.07. The smallest absolute Gasteiger partial charge is 0.337 e. The molecule has 70 valence electrons. The van der Waals surface area contributed by atoms with E-state index in [1.165, 1.54) is 13.2 Å². The van der Waals surface area contributed by atoms with Crippen LogP contribution < -0.4 is 0 Å². The summed E-state index contributed by atoms with van der Waals surface area (Å²) in [5.74, 6) is -0.162. The van der Waals surface area contributed by atoms with E-state index in [1.807, 2.05) is 6.92 Å². The van der Waals surface area contributed by atoms with E-state index in [-0.39, 0.29) is 11.7 Å². The predicted octanol–water partition coefficient (Wildman–Crippen LogP) is 1.74. The Morgan fingerprint density at radius 1 is 1.54 bits per heavy atom. The molecule has 1 rings (SSSR count). The minimum Gasteiger partial charge on any atom is -0.508 e. The molecular weight excluding hydrogens is 168 g/mol. The molecule has 3 nitrogen and oxygen atoms in total. The first-order chi connectivity index (χ1) is 6.19. The molecule has 1 aromatic rings. The average Bonchev–Trinajstić information content (AvgIpc) is 2.17. The molecule has 13 heavy (non-hydrogen) atoms. The van der Waals surface area contributed by atoms with Gasteiger partial charge in [0.1, 0.15) is 5.75 Å². The van der Waals surface area contributed by atoms with Crippen LogP contribution in [0.4, 0.5) is 0 Å². The second-order valence-electron chi connectivity index (χ2n) is 2.69. The van der Waals surface area contributed by atoms with Crippen molar-refractivity contribution in [2.24, 2.45) is 0 Å². The van der Waals surface area contributed by atoms with E-state index < -0.39 is 0 Å². The lowest BCUT2D eigenvalue weighted by atomic mass is 10.1. The highest BCUT2D eigenvalue weighted by Crippen LogP contribution is 2.19. The Hall–Kier alpha value is -1.51. The maximum atomic E-state index is 11.1. The van der Waals surface area contributed by atoms with Gasteiger partial charge in [0.15, 0.2) is 0 Å². The Kier molecular flexibility index (Phi) is 2.90. The summed E-state index contributed by atoms with van der Waals surface area (Å²) in [6.07, 6.45) is 0.691. The molecule has 0 spiro atoms. The van der Waals surface area contributed by atoms with E-state index in [1.54, 1.807) is 12.1 Å². The first-order valence-electron chi connectivity index (χ1n) is 4.09. The van der Waals surface area contributed by atoms with Crippen molar-refractivity contribution in [1.29, 1.82) is 0 Å². The van der Waals surface area contributed by atoms with Gasteiger partial charge in [-0.05, 0) is 30.2 Å². The normalized spacial score (nSPS) is 9.69. The van der Waals surface area contributed by atoms with Gasteiger partial charge >= 0.3 is 5.97 Å². The molecule has 0 saturated heterocycles. The number of methoxy groups -OCH3 is 1. The molecule has 0 heterocycles. The van der Waals surface area contributed by atoms with Crippen LogP contribution in [-0.2, 0) is 11.2 Å².